The van der Waals surface area contributed by atoms with Gasteiger partial charge in [0.2, 0.25) is 0 Å². The molecule has 0 aliphatic carbocycles. The minimum Gasteiger partial charge on any atom is -0.785 e. The van der Waals surface area contributed by atoms with Gasteiger partial charge in [-0.3, -0.25) is 0 Å². The summed E-state index contributed by atoms with van der Waals surface area (Å²) in [6, 6.07) is 0. The molecule has 0 spiro atoms. The van der Waals surface area contributed by atoms with E-state index in [-0.39, 0.29) is 51.4 Å². The van der Waals surface area contributed by atoms with E-state index >= 15 is 0 Å². The Hall–Kier alpha value is 1.56. The minimum atomic E-state index is 0. The Morgan fingerprint density at radius 1 is 1.29 bits per heavy atom. The zero-order valence-electron chi connectivity index (χ0n) is 5.27. The van der Waals surface area contributed by atoms with Crippen LogP contribution in [-0.4, -0.2) is 18.2 Å². The molecule has 2 nitrogen and oxygen atoms in total. The second-order valence-electron chi connectivity index (χ2n) is 1.11. The average molecular weight is 127 g/mol. The predicted octanol–water partition coefficient (Wildman–Crippen LogP) is -2.17. The van der Waals surface area contributed by atoms with Crippen molar-refractivity contribution in [2.24, 2.45) is 0 Å². The van der Waals surface area contributed by atoms with Crippen LogP contribution in [0.2, 0.25) is 0 Å². The zero-order chi connectivity index (χ0) is 4.99. The van der Waals surface area contributed by atoms with E-state index in [4.69, 9.17) is 0 Å². The Labute approximate surface area is 87.3 Å². The van der Waals surface area contributed by atoms with Crippen LogP contribution in [0.1, 0.15) is 13.8 Å². The molecule has 7 heavy (non-hydrogen) atoms. The van der Waals surface area contributed by atoms with Crippen LogP contribution < -0.4 is 51.4 Å². The Morgan fingerprint density at radius 2 is 1.57 bits per heavy atom. The Balaban J connectivity index is 0. The topological polar surface area (TPSA) is 26.3 Å². The van der Waals surface area contributed by atoms with Gasteiger partial charge in [-0.1, -0.05) is 13.8 Å². The number of hydrogen-bond acceptors (Lipinski definition) is 2. The van der Waals surface area contributed by atoms with Crippen molar-refractivity contribution in [2.75, 3.05) is 13.1 Å². The molecule has 0 saturated carbocycles. The minimum absolute atomic E-state index is 0. The number of nitrogens with zero attached hydrogens (tertiary/aromatic N) is 1. The molecule has 0 radical (unpaired) electrons. The van der Waals surface area contributed by atoms with Crippen molar-refractivity contribution in [3.05, 3.63) is 5.21 Å². The summed E-state index contributed by atoms with van der Waals surface area (Å²) in [4.78, 5) is 0. The summed E-state index contributed by atoms with van der Waals surface area (Å²) < 4.78 is 0. The van der Waals surface area contributed by atoms with Gasteiger partial charge >= 0.3 is 51.4 Å². The van der Waals surface area contributed by atoms with Crippen LogP contribution in [0.25, 0.3) is 0 Å². The number of hydrogen-bond donors (Lipinski definition) is 0. The van der Waals surface area contributed by atoms with Gasteiger partial charge in [-0.15, -0.1) is 0 Å². The molecule has 0 saturated heterocycles. The summed E-state index contributed by atoms with van der Waals surface area (Å²) in [5, 5.41) is 11.1. The summed E-state index contributed by atoms with van der Waals surface area (Å²) in [6.45, 7) is 4.90. The van der Waals surface area contributed by atoms with Gasteiger partial charge in [0.05, 0.1) is 0 Å². The van der Waals surface area contributed by atoms with Gasteiger partial charge in [-0.05, 0) is 13.1 Å². The molecule has 0 aromatic rings. The second kappa shape index (κ2) is 7.56. The van der Waals surface area contributed by atoms with E-state index in [1.807, 2.05) is 13.8 Å². The number of hydroxylamine groups is 2. The van der Waals surface area contributed by atoms with Crippen LogP contribution >= 0.6 is 0 Å². The monoisotopic (exact) mass is 127 g/mol. The van der Waals surface area contributed by atoms with Crippen LogP contribution in [0.3, 0.4) is 0 Å². The fourth-order valence-electron chi connectivity index (χ4n) is 0.224. The molecule has 0 aromatic heterocycles. The third-order valence-corrected chi connectivity index (χ3v) is 0.705. The molecule has 0 amide bonds. The molecule has 3 heteroatoms. The Bertz CT molecular complexity index is 30.9. The van der Waals surface area contributed by atoms with Crippen LogP contribution in [0.15, 0.2) is 0 Å². The van der Waals surface area contributed by atoms with Crippen LogP contribution in [-0.2, 0) is 0 Å². The van der Waals surface area contributed by atoms with E-state index < -0.39 is 0 Å². The van der Waals surface area contributed by atoms with Gasteiger partial charge in [0.25, 0.3) is 0 Å². The predicted molar refractivity (Wildman–Crippen MR) is 26.3 cm³/mol. The normalized spacial score (nSPS) is 8.57. The second-order valence-corrected chi connectivity index (χ2v) is 1.11. The van der Waals surface area contributed by atoms with E-state index in [1.165, 1.54) is 0 Å². The Morgan fingerprint density at radius 3 is 1.57 bits per heavy atom. The first-order chi connectivity index (χ1) is 2.81. The standard InChI is InChI=1S/C4H10NO.K/c1-3-5(6)4-2;/h3-4H2,1-2H3;/q-1;+1. The maximum atomic E-state index is 10.1. The molecule has 0 rings (SSSR count). The summed E-state index contributed by atoms with van der Waals surface area (Å²) in [7, 11) is 0. The molecule has 0 aliphatic rings. The Kier molecular flexibility index (Phi) is 12.3. The molecular formula is C4H10KNO. The van der Waals surface area contributed by atoms with Gasteiger partial charge in [0, 0.05) is 0 Å². The van der Waals surface area contributed by atoms with E-state index in [0.717, 1.165) is 5.06 Å². The fraction of sp³-hybridized carbons (Fsp3) is 1.00. The molecule has 0 atom stereocenters. The van der Waals surface area contributed by atoms with Crippen LogP contribution in [0.5, 0.6) is 0 Å². The molecular weight excluding hydrogens is 117 g/mol. The van der Waals surface area contributed by atoms with Crippen molar-refractivity contribution in [3.63, 3.8) is 0 Å². The van der Waals surface area contributed by atoms with Crippen LogP contribution in [0, 0.1) is 5.21 Å². The van der Waals surface area contributed by atoms with Gasteiger partial charge in [0.1, 0.15) is 0 Å². The van der Waals surface area contributed by atoms with Crippen LogP contribution in [0.4, 0.5) is 0 Å². The molecule has 38 valence electrons. The first-order valence-corrected chi connectivity index (χ1v) is 2.23. The average Bonchev–Trinajstić information content (AvgIpc) is 1.65. The molecule has 0 aromatic carbocycles. The fourth-order valence-corrected chi connectivity index (χ4v) is 0.224. The molecule has 0 heterocycles. The smallest absolute Gasteiger partial charge is 0.785 e. The summed E-state index contributed by atoms with van der Waals surface area (Å²) in [5.74, 6) is 0. The molecule has 0 bridgehead atoms. The molecule has 0 fully saturated rings. The van der Waals surface area contributed by atoms with Gasteiger partial charge in [-0.25, -0.2) is 0 Å². The number of rotatable bonds is 2. The summed E-state index contributed by atoms with van der Waals surface area (Å²) in [6.07, 6.45) is 0. The van der Waals surface area contributed by atoms with Crippen molar-refractivity contribution in [1.29, 1.82) is 0 Å². The first kappa shape index (κ1) is 11.4. The van der Waals surface area contributed by atoms with E-state index in [0.29, 0.717) is 13.1 Å². The van der Waals surface area contributed by atoms with Crippen molar-refractivity contribution in [1.82, 2.24) is 5.06 Å². The van der Waals surface area contributed by atoms with Gasteiger partial charge in [-0.2, -0.15) is 0 Å². The van der Waals surface area contributed by atoms with Crippen molar-refractivity contribution >= 4 is 0 Å². The maximum absolute atomic E-state index is 10.1. The van der Waals surface area contributed by atoms with Crippen molar-refractivity contribution in [3.8, 4) is 0 Å². The summed E-state index contributed by atoms with van der Waals surface area (Å²) >= 11 is 0. The summed E-state index contributed by atoms with van der Waals surface area (Å²) in [5.41, 5.74) is 0. The third-order valence-electron chi connectivity index (χ3n) is 0.705. The SMILES string of the molecule is CCN([O-])CC.[K+]. The molecule has 0 N–H and O–H groups in total. The van der Waals surface area contributed by atoms with Gasteiger partial charge in [0.15, 0.2) is 0 Å². The van der Waals surface area contributed by atoms with E-state index in [9.17, 15) is 5.21 Å². The molecule has 0 unspecified atom stereocenters. The van der Waals surface area contributed by atoms with E-state index in [1.54, 1.807) is 0 Å². The first-order valence-electron chi connectivity index (χ1n) is 2.23. The maximum Gasteiger partial charge on any atom is 1.00 e. The van der Waals surface area contributed by atoms with Gasteiger partial charge < -0.3 is 10.3 Å². The van der Waals surface area contributed by atoms with Crippen molar-refractivity contribution in [2.45, 2.75) is 13.8 Å². The molecule has 0 aliphatic heterocycles. The largest absolute Gasteiger partial charge is 1.00 e. The quantitative estimate of drug-likeness (QED) is 0.312. The third kappa shape index (κ3) is 7.56. The van der Waals surface area contributed by atoms with E-state index in [2.05, 4.69) is 0 Å². The van der Waals surface area contributed by atoms with Crippen molar-refractivity contribution < 1.29 is 51.4 Å². The zero-order valence-corrected chi connectivity index (χ0v) is 8.39.